The first-order valence-corrected chi connectivity index (χ1v) is 4.33. The average molecular weight is 208 g/mol. The molecule has 2 aromatic rings. The fourth-order valence-electron chi connectivity index (χ4n) is 1.38. The molecule has 0 fully saturated rings. The van der Waals surface area contributed by atoms with Gasteiger partial charge in [0.05, 0.1) is 5.52 Å². The molecule has 4 nitrogen and oxygen atoms in total. The summed E-state index contributed by atoms with van der Waals surface area (Å²) >= 11 is 5.88. The summed E-state index contributed by atoms with van der Waals surface area (Å²) in [5, 5.41) is 0.408. The molecule has 0 saturated carbocycles. The number of fused-ring (bicyclic) bond motifs is 1. The summed E-state index contributed by atoms with van der Waals surface area (Å²) in [7, 11) is 0. The Kier molecular flexibility index (Phi) is 2.08. The molecular formula is C9H6ClN3O. The molecule has 0 aromatic carbocycles. The molecule has 0 spiro atoms. The van der Waals surface area contributed by atoms with Crippen molar-refractivity contribution in [3.63, 3.8) is 0 Å². The van der Waals surface area contributed by atoms with Gasteiger partial charge in [0.15, 0.2) is 11.0 Å². The molecule has 0 aliphatic rings. The molecule has 0 amide bonds. The number of isocyanates is 1. The monoisotopic (exact) mass is 207 g/mol. The van der Waals surface area contributed by atoms with E-state index in [0.717, 1.165) is 5.52 Å². The highest BCUT2D eigenvalue weighted by Crippen LogP contribution is 2.23. The zero-order chi connectivity index (χ0) is 10.1. The maximum atomic E-state index is 10.2. The number of rotatable bonds is 1. The number of aromatic nitrogens is 2. The summed E-state index contributed by atoms with van der Waals surface area (Å²) in [5.74, 6) is 1.18. The molecule has 0 bridgehead atoms. The van der Waals surface area contributed by atoms with E-state index < -0.39 is 0 Å². The maximum absolute atomic E-state index is 10.2. The van der Waals surface area contributed by atoms with Crippen LogP contribution in [0.5, 0.6) is 0 Å². The third kappa shape index (κ3) is 1.21. The van der Waals surface area contributed by atoms with Crippen LogP contribution in [0.15, 0.2) is 23.2 Å². The quantitative estimate of drug-likeness (QED) is 0.532. The van der Waals surface area contributed by atoms with E-state index in [4.69, 9.17) is 11.6 Å². The molecule has 2 aromatic heterocycles. The highest BCUT2D eigenvalue weighted by molar-refractivity contribution is 6.32. The van der Waals surface area contributed by atoms with Crippen molar-refractivity contribution in [1.82, 2.24) is 9.38 Å². The highest BCUT2D eigenvalue weighted by Gasteiger charge is 2.08. The van der Waals surface area contributed by atoms with Gasteiger partial charge in [-0.15, -0.1) is 4.99 Å². The van der Waals surface area contributed by atoms with Crippen LogP contribution < -0.4 is 0 Å². The van der Waals surface area contributed by atoms with Crippen LogP contribution in [-0.4, -0.2) is 15.5 Å². The van der Waals surface area contributed by atoms with Gasteiger partial charge in [0.2, 0.25) is 6.08 Å². The Morgan fingerprint density at radius 1 is 1.57 bits per heavy atom. The van der Waals surface area contributed by atoms with Crippen molar-refractivity contribution in [1.29, 1.82) is 0 Å². The largest absolute Gasteiger partial charge is 0.279 e. The first kappa shape index (κ1) is 8.94. The van der Waals surface area contributed by atoms with Crippen LogP contribution in [0.25, 0.3) is 5.52 Å². The highest BCUT2D eigenvalue weighted by atomic mass is 35.5. The van der Waals surface area contributed by atoms with E-state index in [0.29, 0.717) is 16.8 Å². The zero-order valence-electron chi connectivity index (χ0n) is 7.36. The summed E-state index contributed by atoms with van der Waals surface area (Å²) in [6.45, 7) is 1.79. The van der Waals surface area contributed by atoms with Crippen LogP contribution in [0.1, 0.15) is 5.82 Å². The van der Waals surface area contributed by atoms with Crippen LogP contribution in [0, 0.1) is 6.92 Å². The van der Waals surface area contributed by atoms with Crippen molar-refractivity contribution in [2.45, 2.75) is 6.92 Å². The average Bonchev–Trinajstić information content (AvgIpc) is 2.44. The first-order valence-electron chi connectivity index (χ1n) is 3.95. The number of hydrogen-bond donors (Lipinski definition) is 0. The second kappa shape index (κ2) is 3.25. The van der Waals surface area contributed by atoms with E-state index >= 15 is 0 Å². The predicted molar refractivity (Wildman–Crippen MR) is 52.7 cm³/mol. The van der Waals surface area contributed by atoms with E-state index in [1.165, 1.54) is 6.08 Å². The van der Waals surface area contributed by atoms with Crippen molar-refractivity contribution < 1.29 is 4.79 Å². The molecule has 0 saturated heterocycles. The van der Waals surface area contributed by atoms with Crippen molar-refractivity contribution in [3.05, 3.63) is 29.2 Å². The second-order valence-corrected chi connectivity index (χ2v) is 3.12. The number of aryl methyl sites for hydroxylation is 1. The van der Waals surface area contributed by atoms with Gasteiger partial charge >= 0.3 is 0 Å². The molecule has 2 heterocycles. The number of halogens is 1. The van der Waals surface area contributed by atoms with Gasteiger partial charge in [-0.1, -0.05) is 17.7 Å². The van der Waals surface area contributed by atoms with E-state index in [1.54, 1.807) is 23.5 Å². The molecule has 5 heteroatoms. The lowest BCUT2D eigenvalue weighted by molar-refractivity contribution is 0.565. The molecule has 0 aliphatic carbocycles. The molecule has 0 unspecified atom stereocenters. The van der Waals surface area contributed by atoms with Crippen LogP contribution in [0.3, 0.4) is 0 Å². The van der Waals surface area contributed by atoms with Crippen molar-refractivity contribution in [3.8, 4) is 0 Å². The minimum Gasteiger partial charge on any atom is -0.279 e. The molecule has 2 rings (SSSR count). The topological polar surface area (TPSA) is 46.7 Å². The number of imidazole rings is 1. The van der Waals surface area contributed by atoms with Gasteiger partial charge in [-0.3, -0.25) is 4.40 Å². The van der Waals surface area contributed by atoms with E-state index in [-0.39, 0.29) is 0 Å². The summed E-state index contributed by atoms with van der Waals surface area (Å²) < 4.78 is 1.70. The summed E-state index contributed by atoms with van der Waals surface area (Å²) in [6.07, 6.45) is 1.50. The van der Waals surface area contributed by atoms with Crippen molar-refractivity contribution >= 4 is 29.0 Å². The normalized spacial score (nSPS) is 10.1. The lowest BCUT2D eigenvalue weighted by Gasteiger charge is -1.98. The summed E-state index contributed by atoms with van der Waals surface area (Å²) in [4.78, 5) is 17.8. The zero-order valence-corrected chi connectivity index (χ0v) is 8.12. The minimum atomic E-state index is 0.408. The lowest BCUT2D eigenvalue weighted by Crippen LogP contribution is -1.87. The Labute approximate surface area is 84.9 Å². The van der Waals surface area contributed by atoms with Crippen molar-refractivity contribution in [2.24, 2.45) is 4.99 Å². The molecule has 0 radical (unpaired) electrons. The van der Waals surface area contributed by atoms with Gasteiger partial charge in [-0.05, 0) is 19.1 Å². The third-order valence-corrected chi connectivity index (χ3v) is 2.20. The minimum absolute atomic E-state index is 0.408. The van der Waals surface area contributed by atoms with E-state index in [9.17, 15) is 4.79 Å². The fraction of sp³-hybridized carbons (Fsp3) is 0.111. The van der Waals surface area contributed by atoms with Gasteiger partial charge in [-0.2, -0.15) is 0 Å². The number of nitrogens with zero attached hydrogens (tertiary/aromatic N) is 3. The molecule has 14 heavy (non-hydrogen) atoms. The predicted octanol–water partition coefficient (Wildman–Crippen LogP) is 2.26. The summed E-state index contributed by atoms with van der Waals surface area (Å²) in [5.41, 5.74) is 0.737. The maximum Gasteiger partial charge on any atom is 0.242 e. The van der Waals surface area contributed by atoms with E-state index in [2.05, 4.69) is 9.98 Å². The van der Waals surface area contributed by atoms with Crippen LogP contribution in [0.2, 0.25) is 5.15 Å². The van der Waals surface area contributed by atoms with Gasteiger partial charge in [-0.25, -0.2) is 9.78 Å². The number of carbonyl (C=O) groups excluding carboxylic acids is 1. The molecular weight excluding hydrogens is 202 g/mol. The van der Waals surface area contributed by atoms with Gasteiger partial charge in [0.25, 0.3) is 0 Å². The number of pyridine rings is 1. The van der Waals surface area contributed by atoms with E-state index in [1.807, 2.05) is 6.07 Å². The first-order chi connectivity index (χ1) is 6.74. The smallest absolute Gasteiger partial charge is 0.242 e. The van der Waals surface area contributed by atoms with Crippen LogP contribution >= 0.6 is 11.6 Å². The SMILES string of the molecule is Cc1nc(Cl)c2cccc(N=C=O)n12. The van der Waals surface area contributed by atoms with Crippen LogP contribution in [-0.2, 0) is 4.79 Å². The molecule has 0 N–H and O–H groups in total. The van der Waals surface area contributed by atoms with Gasteiger partial charge in [0.1, 0.15) is 5.82 Å². The lowest BCUT2D eigenvalue weighted by atomic mass is 10.4. The Hall–Kier alpha value is -1.64. The second-order valence-electron chi connectivity index (χ2n) is 2.76. The number of aliphatic imine (C=N–C) groups is 1. The van der Waals surface area contributed by atoms with Gasteiger partial charge in [0, 0.05) is 0 Å². The molecule has 70 valence electrons. The standard InChI is InChI=1S/C9H6ClN3O/c1-6-12-9(10)7-3-2-4-8(11-5-14)13(6)7/h2-4H,1H3. The van der Waals surface area contributed by atoms with Gasteiger partial charge < -0.3 is 0 Å². The summed E-state index contributed by atoms with van der Waals surface area (Å²) in [6, 6.07) is 5.27. The Bertz CT molecular complexity index is 540. The third-order valence-electron chi connectivity index (χ3n) is 1.92. The van der Waals surface area contributed by atoms with Crippen LogP contribution in [0.4, 0.5) is 5.82 Å². The Morgan fingerprint density at radius 2 is 2.36 bits per heavy atom. The van der Waals surface area contributed by atoms with Crippen molar-refractivity contribution in [2.75, 3.05) is 0 Å². The molecule has 0 atom stereocenters. The fourth-order valence-corrected chi connectivity index (χ4v) is 1.65. The Balaban J connectivity index is 2.91. The number of hydrogen-bond acceptors (Lipinski definition) is 3. The Morgan fingerprint density at radius 3 is 3.07 bits per heavy atom. The molecule has 0 aliphatic heterocycles.